The second-order valence-electron chi connectivity index (χ2n) is 4.00. The average Bonchev–Trinajstić information content (AvgIpc) is 2.88. The molecule has 0 atom stereocenters. The second-order valence-corrected chi connectivity index (χ2v) is 4.41. The van der Waals surface area contributed by atoms with E-state index in [1.165, 1.54) is 7.11 Å². The number of nitrogens with one attached hydrogen (secondary N) is 1. The predicted molar refractivity (Wildman–Crippen MR) is 75.4 cm³/mol. The van der Waals surface area contributed by atoms with E-state index in [4.69, 9.17) is 25.5 Å². The highest BCUT2D eigenvalue weighted by atomic mass is 35.5. The van der Waals surface area contributed by atoms with Crippen LogP contribution in [0.2, 0.25) is 5.02 Å². The highest BCUT2D eigenvalue weighted by molar-refractivity contribution is 6.32. The molecule has 5 nitrogen and oxygen atoms in total. The number of methoxy groups -OCH3 is 2. The molecule has 1 amide bonds. The van der Waals surface area contributed by atoms with Crippen molar-refractivity contribution in [2.45, 2.75) is 6.61 Å². The molecule has 20 heavy (non-hydrogen) atoms. The maximum absolute atomic E-state index is 12.0. The summed E-state index contributed by atoms with van der Waals surface area (Å²) in [7, 11) is 3.08. The summed E-state index contributed by atoms with van der Waals surface area (Å²) in [5.41, 5.74) is 0.561. The van der Waals surface area contributed by atoms with Gasteiger partial charge < -0.3 is 19.2 Å². The number of ether oxygens (including phenoxy) is 2. The van der Waals surface area contributed by atoms with Gasteiger partial charge in [-0.3, -0.25) is 4.79 Å². The van der Waals surface area contributed by atoms with Gasteiger partial charge in [-0.1, -0.05) is 11.6 Å². The zero-order chi connectivity index (χ0) is 14.5. The van der Waals surface area contributed by atoms with Crippen molar-refractivity contribution in [3.05, 3.63) is 46.9 Å². The van der Waals surface area contributed by atoms with Gasteiger partial charge in [0.1, 0.15) is 18.1 Å². The van der Waals surface area contributed by atoms with Gasteiger partial charge in [0, 0.05) is 12.8 Å². The molecule has 0 spiro atoms. The average molecular weight is 296 g/mol. The van der Waals surface area contributed by atoms with E-state index in [1.54, 1.807) is 37.4 Å². The fraction of sp³-hybridized carbons (Fsp3) is 0.214. The Bertz CT molecular complexity index is 609. The van der Waals surface area contributed by atoms with Crippen LogP contribution in [0.25, 0.3) is 0 Å². The van der Waals surface area contributed by atoms with Crippen LogP contribution in [-0.4, -0.2) is 20.1 Å². The van der Waals surface area contributed by atoms with Crippen LogP contribution in [-0.2, 0) is 11.3 Å². The van der Waals surface area contributed by atoms with Crippen LogP contribution in [0, 0.1) is 0 Å². The molecule has 1 N–H and O–H groups in total. The first-order chi connectivity index (χ1) is 9.63. The summed E-state index contributed by atoms with van der Waals surface area (Å²) < 4.78 is 15.3. The van der Waals surface area contributed by atoms with Crippen LogP contribution in [0.4, 0.5) is 5.69 Å². The maximum Gasteiger partial charge on any atom is 0.291 e. The first kappa shape index (κ1) is 14.4. The van der Waals surface area contributed by atoms with Crippen molar-refractivity contribution in [1.29, 1.82) is 0 Å². The van der Waals surface area contributed by atoms with E-state index >= 15 is 0 Å². The number of carbonyl (C=O) groups is 1. The van der Waals surface area contributed by atoms with Crippen LogP contribution in [0.5, 0.6) is 5.75 Å². The van der Waals surface area contributed by atoms with Gasteiger partial charge >= 0.3 is 0 Å². The van der Waals surface area contributed by atoms with Crippen molar-refractivity contribution < 1.29 is 18.7 Å². The number of hydrogen-bond donors (Lipinski definition) is 1. The second kappa shape index (κ2) is 6.45. The van der Waals surface area contributed by atoms with Crippen LogP contribution >= 0.6 is 11.6 Å². The third-order valence-electron chi connectivity index (χ3n) is 2.58. The molecular formula is C14H14ClNO4. The van der Waals surface area contributed by atoms with Gasteiger partial charge in [-0.25, -0.2) is 0 Å². The summed E-state index contributed by atoms with van der Waals surface area (Å²) >= 11 is 5.99. The van der Waals surface area contributed by atoms with Gasteiger partial charge in [0.15, 0.2) is 5.76 Å². The van der Waals surface area contributed by atoms with Crippen molar-refractivity contribution in [1.82, 2.24) is 0 Å². The smallest absolute Gasteiger partial charge is 0.291 e. The molecule has 0 aliphatic rings. The lowest BCUT2D eigenvalue weighted by atomic mass is 10.3. The summed E-state index contributed by atoms with van der Waals surface area (Å²) in [5, 5.41) is 3.11. The Hall–Kier alpha value is -1.98. The molecule has 2 rings (SSSR count). The van der Waals surface area contributed by atoms with E-state index in [9.17, 15) is 4.79 Å². The third kappa shape index (κ3) is 3.31. The Morgan fingerprint density at radius 2 is 2.10 bits per heavy atom. The quantitative estimate of drug-likeness (QED) is 0.919. The molecule has 0 saturated carbocycles. The van der Waals surface area contributed by atoms with Gasteiger partial charge in [0.25, 0.3) is 5.91 Å². The number of furan rings is 1. The van der Waals surface area contributed by atoms with Gasteiger partial charge in [-0.2, -0.15) is 0 Å². The van der Waals surface area contributed by atoms with E-state index in [0.29, 0.717) is 28.8 Å². The maximum atomic E-state index is 12.0. The minimum Gasteiger partial charge on any atom is -0.495 e. The number of carbonyl (C=O) groups excluding carboxylic acids is 1. The molecule has 106 valence electrons. The molecule has 0 bridgehead atoms. The lowest BCUT2D eigenvalue weighted by molar-refractivity contribution is 0.0987. The van der Waals surface area contributed by atoms with E-state index in [-0.39, 0.29) is 11.7 Å². The van der Waals surface area contributed by atoms with Crippen LogP contribution in [0.3, 0.4) is 0 Å². The normalized spacial score (nSPS) is 10.3. The standard InChI is InChI=1S/C14H14ClNO4/c1-18-8-10-4-6-13(20-10)14(17)16-9-3-5-12(19-2)11(15)7-9/h3-7H,8H2,1-2H3,(H,16,17). The van der Waals surface area contributed by atoms with E-state index in [1.807, 2.05) is 0 Å². The molecule has 6 heteroatoms. The molecule has 0 aliphatic carbocycles. The molecule has 1 heterocycles. The molecule has 1 aromatic carbocycles. The molecule has 0 fully saturated rings. The molecule has 0 saturated heterocycles. The fourth-order valence-electron chi connectivity index (χ4n) is 1.66. The van der Waals surface area contributed by atoms with Crippen LogP contribution in [0.15, 0.2) is 34.7 Å². The Morgan fingerprint density at radius 3 is 2.75 bits per heavy atom. The van der Waals surface area contributed by atoms with Crippen molar-refractivity contribution in [2.75, 3.05) is 19.5 Å². The summed E-state index contributed by atoms with van der Waals surface area (Å²) in [6, 6.07) is 8.27. The third-order valence-corrected chi connectivity index (χ3v) is 2.88. The number of amides is 1. The van der Waals surface area contributed by atoms with E-state index in [2.05, 4.69) is 5.32 Å². The number of anilines is 1. The Balaban J connectivity index is 2.08. The Labute approximate surface area is 121 Å². The van der Waals surface area contributed by atoms with Crippen molar-refractivity contribution in [3.8, 4) is 5.75 Å². The Morgan fingerprint density at radius 1 is 1.30 bits per heavy atom. The van der Waals surface area contributed by atoms with Crippen LogP contribution in [0.1, 0.15) is 16.3 Å². The monoisotopic (exact) mass is 295 g/mol. The summed E-state index contributed by atoms with van der Waals surface area (Å²) in [6.45, 7) is 0.321. The Kier molecular flexibility index (Phi) is 4.65. The summed E-state index contributed by atoms with van der Waals surface area (Å²) in [5.74, 6) is 0.994. The molecule has 1 aromatic heterocycles. The van der Waals surface area contributed by atoms with Crippen molar-refractivity contribution >= 4 is 23.2 Å². The van der Waals surface area contributed by atoms with Gasteiger partial charge in [-0.15, -0.1) is 0 Å². The highest BCUT2D eigenvalue weighted by Gasteiger charge is 2.12. The molecule has 0 aliphatic heterocycles. The van der Waals surface area contributed by atoms with Gasteiger partial charge in [-0.05, 0) is 30.3 Å². The molecule has 0 unspecified atom stereocenters. The zero-order valence-electron chi connectivity index (χ0n) is 11.1. The first-order valence-electron chi connectivity index (χ1n) is 5.86. The van der Waals surface area contributed by atoms with Crippen molar-refractivity contribution in [3.63, 3.8) is 0 Å². The summed E-state index contributed by atoms with van der Waals surface area (Å²) in [6.07, 6.45) is 0. The van der Waals surface area contributed by atoms with E-state index in [0.717, 1.165) is 0 Å². The molecule has 2 aromatic rings. The van der Waals surface area contributed by atoms with Crippen molar-refractivity contribution in [2.24, 2.45) is 0 Å². The number of halogens is 1. The lowest BCUT2D eigenvalue weighted by Gasteiger charge is -2.06. The SMILES string of the molecule is COCc1ccc(C(=O)Nc2ccc(OC)c(Cl)c2)o1. The fourth-order valence-corrected chi connectivity index (χ4v) is 1.91. The molecule has 0 radical (unpaired) electrons. The largest absolute Gasteiger partial charge is 0.495 e. The molecular weight excluding hydrogens is 282 g/mol. The van der Waals surface area contributed by atoms with Crippen LogP contribution < -0.4 is 10.1 Å². The van der Waals surface area contributed by atoms with Gasteiger partial charge in [0.2, 0.25) is 0 Å². The minimum absolute atomic E-state index is 0.212. The van der Waals surface area contributed by atoms with E-state index < -0.39 is 0 Å². The predicted octanol–water partition coefficient (Wildman–Crippen LogP) is 3.34. The topological polar surface area (TPSA) is 60.7 Å². The number of benzene rings is 1. The highest BCUT2D eigenvalue weighted by Crippen LogP contribution is 2.27. The first-order valence-corrected chi connectivity index (χ1v) is 6.24. The number of hydrogen-bond acceptors (Lipinski definition) is 4. The lowest BCUT2D eigenvalue weighted by Crippen LogP contribution is -2.10. The van der Waals surface area contributed by atoms with Gasteiger partial charge in [0.05, 0.1) is 12.1 Å². The zero-order valence-corrected chi connectivity index (χ0v) is 11.9. The number of rotatable bonds is 5. The summed E-state index contributed by atoms with van der Waals surface area (Å²) in [4.78, 5) is 12.0. The minimum atomic E-state index is -0.353.